The second kappa shape index (κ2) is 14.6. The number of fused-ring (bicyclic) bond motifs is 9. The van der Waals surface area contributed by atoms with Crippen LogP contribution < -0.4 is 4.90 Å². The summed E-state index contributed by atoms with van der Waals surface area (Å²) in [5.74, 6) is 0. The van der Waals surface area contributed by atoms with E-state index in [0.717, 1.165) is 17.1 Å². The van der Waals surface area contributed by atoms with Crippen LogP contribution in [0.25, 0.3) is 53.6 Å². The van der Waals surface area contributed by atoms with Crippen molar-refractivity contribution in [2.24, 2.45) is 0 Å². The molecule has 65 heavy (non-hydrogen) atoms. The summed E-state index contributed by atoms with van der Waals surface area (Å²) < 4.78 is 2.65. The SMILES string of the molecule is CC1(c2ccccc2)c2ccccc2-c2ccc(N(c3ccc(-c4ccc5sc6ccccc6c5c4)cc3)c3ccc4c(c3)C(c3ccccc3)(c3ccccc3)c3ccccc3-4)cc21. The number of benzene rings is 10. The molecule has 1 unspecified atom stereocenters. The van der Waals surface area contributed by atoms with E-state index in [2.05, 4.69) is 254 Å². The van der Waals surface area contributed by atoms with Crippen molar-refractivity contribution in [3.8, 4) is 33.4 Å². The third kappa shape index (κ3) is 5.57. The minimum Gasteiger partial charge on any atom is -0.310 e. The Bertz CT molecular complexity index is 3570. The van der Waals surface area contributed by atoms with Crippen molar-refractivity contribution in [2.75, 3.05) is 4.90 Å². The Hall–Kier alpha value is -7.78. The highest BCUT2D eigenvalue weighted by Crippen LogP contribution is 2.58. The molecule has 306 valence electrons. The number of thiophene rings is 1. The largest absolute Gasteiger partial charge is 0.310 e. The molecule has 13 rings (SSSR count). The molecule has 0 bridgehead atoms. The first-order chi connectivity index (χ1) is 32.1. The fraction of sp³-hybridized carbons (Fsp3) is 0.0476. The van der Waals surface area contributed by atoms with Gasteiger partial charge in [-0.15, -0.1) is 11.3 Å². The van der Waals surface area contributed by atoms with Crippen LogP contribution in [0.5, 0.6) is 0 Å². The van der Waals surface area contributed by atoms with Gasteiger partial charge in [0, 0.05) is 42.6 Å². The van der Waals surface area contributed by atoms with Crippen molar-refractivity contribution in [2.45, 2.75) is 17.8 Å². The molecule has 1 heterocycles. The van der Waals surface area contributed by atoms with E-state index in [1.807, 2.05) is 11.3 Å². The van der Waals surface area contributed by atoms with Gasteiger partial charge in [0.15, 0.2) is 0 Å². The van der Waals surface area contributed by atoms with Crippen LogP contribution in [0.3, 0.4) is 0 Å². The predicted octanol–water partition coefficient (Wildman–Crippen LogP) is 16.9. The lowest BCUT2D eigenvalue weighted by Crippen LogP contribution is -2.28. The van der Waals surface area contributed by atoms with Crippen molar-refractivity contribution in [1.29, 1.82) is 0 Å². The van der Waals surface area contributed by atoms with Crippen LogP contribution in [-0.2, 0) is 10.8 Å². The quantitative estimate of drug-likeness (QED) is 0.154. The first kappa shape index (κ1) is 37.7. The molecule has 2 aliphatic rings. The van der Waals surface area contributed by atoms with Gasteiger partial charge in [-0.25, -0.2) is 0 Å². The van der Waals surface area contributed by atoms with Crippen molar-refractivity contribution in [1.82, 2.24) is 0 Å². The Morgan fingerprint density at radius 3 is 1.48 bits per heavy atom. The van der Waals surface area contributed by atoms with Gasteiger partial charge in [-0.1, -0.05) is 188 Å². The standard InChI is InChI=1S/C63H43NS/c1-62(44-17-5-2-6-18-44)56-26-14-11-23-50(56)52-36-34-48(40-58(52)62)64(47-32-29-42(30-33-47)43-31-38-61-55(39-43)54-25-13-16-28-60(54)65-61)49-35-37-53-51-24-12-15-27-57(51)63(59(53)41-49,45-19-7-3-8-20-45)46-21-9-4-10-22-46/h2-41H,1H3. The average Bonchev–Trinajstić information content (AvgIpc) is 3.99. The van der Waals surface area contributed by atoms with E-state index >= 15 is 0 Å². The Morgan fingerprint density at radius 1 is 0.323 bits per heavy atom. The van der Waals surface area contributed by atoms with E-state index in [0.29, 0.717) is 0 Å². The van der Waals surface area contributed by atoms with Gasteiger partial charge in [0.05, 0.1) is 5.41 Å². The normalized spacial score (nSPS) is 15.3. The molecule has 10 aromatic carbocycles. The van der Waals surface area contributed by atoms with E-state index in [4.69, 9.17) is 0 Å². The lowest BCUT2D eigenvalue weighted by Gasteiger charge is -2.35. The molecule has 11 aromatic rings. The van der Waals surface area contributed by atoms with Crippen LogP contribution in [0, 0.1) is 0 Å². The van der Waals surface area contributed by atoms with Gasteiger partial charge >= 0.3 is 0 Å². The van der Waals surface area contributed by atoms with E-state index in [1.54, 1.807) is 0 Å². The molecule has 0 amide bonds. The zero-order chi connectivity index (χ0) is 43.1. The summed E-state index contributed by atoms with van der Waals surface area (Å²) in [6, 6.07) is 90.5. The molecule has 1 atom stereocenters. The van der Waals surface area contributed by atoms with Gasteiger partial charge in [0.1, 0.15) is 0 Å². The molecule has 2 aliphatic carbocycles. The van der Waals surface area contributed by atoms with Gasteiger partial charge in [-0.2, -0.15) is 0 Å². The van der Waals surface area contributed by atoms with Crippen LogP contribution in [-0.4, -0.2) is 0 Å². The lowest BCUT2D eigenvalue weighted by atomic mass is 9.67. The van der Waals surface area contributed by atoms with Crippen molar-refractivity contribution < 1.29 is 0 Å². The fourth-order valence-electron chi connectivity index (χ4n) is 11.4. The van der Waals surface area contributed by atoms with Crippen LogP contribution in [0.15, 0.2) is 243 Å². The highest BCUT2D eigenvalue weighted by molar-refractivity contribution is 7.25. The summed E-state index contributed by atoms with van der Waals surface area (Å²) in [5, 5.41) is 2.63. The summed E-state index contributed by atoms with van der Waals surface area (Å²) >= 11 is 1.86. The maximum atomic E-state index is 2.48. The summed E-state index contributed by atoms with van der Waals surface area (Å²) in [7, 11) is 0. The smallest absolute Gasteiger partial charge is 0.0714 e. The molecule has 0 N–H and O–H groups in total. The second-order valence-corrected chi connectivity index (χ2v) is 18.8. The third-order valence-corrected chi connectivity index (χ3v) is 15.6. The average molecular weight is 846 g/mol. The fourth-order valence-corrected chi connectivity index (χ4v) is 12.5. The molecular weight excluding hydrogens is 803 g/mol. The third-order valence-electron chi connectivity index (χ3n) is 14.4. The molecule has 1 aromatic heterocycles. The monoisotopic (exact) mass is 845 g/mol. The van der Waals surface area contributed by atoms with Crippen LogP contribution >= 0.6 is 11.3 Å². The highest BCUT2D eigenvalue weighted by atomic mass is 32.1. The molecular formula is C63H43NS. The predicted molar refractivity (Wildman–Crippen MR) is 274 cm³/mol. The maximum Gasteiger partial charge on any atom is 0.0714 e. The molecule has 0 spiro atoms. The van der Waals surface area contributed by atoms with Gasteiger partial charge in [0.2, 0.25) is 0 Å². The first-order valence-electron chi connectivity index (χ1n) is 22.6. The lowest BCUT2D eigenvalue weighted by molar-refractivity contribution is 0.714. The minimum absolute atomic E-state index is 0.335. The molecule has 2 heteroatoms. The van der Waals surface area contributed by atoms with E-state index in [1.165, 1.54) is 92.5 Å². The molecule has 0 aliphatic heterocycles. The van der Waals surface area contributed by atoms with Crippen LogP contribution in [0.1, 0.15) is 45.9 Å². The Morgan fingerprint density at radius 2 is 0.800 bits per heavy atom. The summed E-state index contributed by atoms with van der Waals surface area (Å²) in [4.78, 5) is 2.48. The van der Waals surface area contributed by atoms with Gasteiger partial charge in [-0.3, -0.25) is 0 Å². The topological polar surface area (TPSA) is 3.24 Å². The van der Waals surface area contributed by atoms with Gasteiger partial charge in [0.25, 0.3) is 0 Å². The first-order valence-corrected chi connectivity index (χ1v) is 23.4. The van der Waals surface area contributed by atoms with Gasteiger partial charge < -0.3 is 4.90 Å². The number of nitrogens with zero attached hydrogens (tertiary/aromatic N) is 1. The molecule has 0 saturated carbocycles. The van der Waals surface area contributed by atoms with Gasteiger partial charge in [-0.05, 0) is 134 Å². The van der Waals surface area contributed by atoms with E-state index in [-0.39, 0.29) is 5.41 Å². The Balaban J connectivity index is 1.03. The number of hydrogen-bond acceptors (Lipinski definition) is 2. The van der Waals surface area contributed by atoms with Crippen molar-refractivity contribution in [3.05, 3.63) is 282 Å². The summed E-state index contributed by atoms with van der Waals surface area (Å²) in [5.41, 5.74) is 19.1. The van der Waals surface area contributed by atoms with E-state index < -0.39 is 5.41 Å². The number of rotatable bonds is 7. The molecule has 1 nitrogen and oxygen atoms in total. The zero-order valence-electron chi connectivity index (χ0n) is 35.9. The Labute approximate surface area is 384 Å². The zero-order valence-corrected chi connectivity index (χ0v) is 36.8. The van der Waals surface area contributed by atoms with Crippen LogP contribution in [0.4, 0.5) is 17.1 Å². The highest BCUT2D eigenvalue weighted by Gasteiger charge is 2.46. The minimum atomic E-state index is -0.518. The van der Waals surface area contributed by atoms with Crippen molar-refractivity contribution in [3.63, 3.8) is 0 Å². The summed E-state index contributed by atoms with van der Waals surface area (Å²) in [6.45, 7) is 2.41. The summed E-state index contributed by atoms with van der Waals surface area (Å²) in [6.07, 6.45) is 0. The van der Waals surface area contributed by atoms with Crippen LogP contribution in [0.2, 0.25) is 0 Å². The second-order valence-electron chi connectivity index (χ2n) is 17.7. The number of anilines is 3. The molecule has 0 saturated heterocycles. The molecule has 0 radical (unpaired) electrons. The van der Waals surface area contributed by atoms with E-state index in [9.17, 15) is 0 Å². The van der Waals surface area contributed by atoms with Crippen molar-refractivity contribution >= 4 is 48.6 Å². The maximum absolute atomic E-state index is 2.48. The Kier molecular flexibility index (Phi) is 8.50. The molecule has 0 fully saturated rings. The number of hydrogen-bond donors (Lipinski definition) is 0.